The Kier molecular flexibility index (Phi) is 3.85. The van der Waals surface area contributed by atoms with Crippen LogP contribution in [0, 0.1) is 5.92 Å². The lowest BCUT2D eigenvalue weighted by atomic mass is 9.97. The average Bonchev–Trinajstić information content (AvgIpc) is 2.02. The molecule has 0 aliphatic rings. The first kappa shape index (κ1) is 11.4. The first-order valence-corrected chi connectivity index (χ1v) is 5.12. The van der Waals surface area contributed by atoms with Gasteiger partial charge in [0.1, 0.15) is 10.2 Å². The molecule has 0 aliphatic carbocycles. The minimum absolute atomic E-state index is 0.218. The van der Waals surface area contributed by atoms with E-state index < -0.39 is 0 Å². The number of halogens is 2. The second-order valence-electron chi connectivity index (χ2n) is 3.38. The van der Waals surface area contributed by atoms with E-state index in [1.54, 1.807) is 18.2 Å². The van der Waals surface area contributed by atoms with Crippen molar-refractivity contribution >= 4 is 28.8 Å². The van der Waals surface area contributed by atoms with Crippen LogP contribution in [0.1, 0.15) is 19.4 Å². The molecule has 0 aliphatic heterocycles. The number of rotatable bonds is 2. The van der Waals surface area contributed by atoms with Crippen molar-refractivity contribution in [3.8, 4) is 5.75 Å². The highest BCUT2D eigenvalue weighted by atomic mass is 35.5. The number of benzene rings is 1. The van der Waals surface area contributed by atoms with Crippen molar-refractivity contribution in [2.75, 3.05) is 0 Å². The quantitative estimate of drug-likeness (QED) is 0.808. The third kappa shape index (κ3) is 2.66. The standard InChI is InChI=1S/C11H12Cl2O/c1-7(2)10(11(12)13)8-4-3-5-9(14)6-8/h3-7,14H,1-2H3. The summed E-state index contributed by atoms with van der Waals surface area (Å²) in [6.07, 6.45) is 0. The largest absolute Gasteiger partial charge is 0.508 e. The molecule has 0 aromatic heterocycles. The molecule has 1 nitrogen and oxygen atoms in total. The van der Waals surface area contributed by atoms with Gasteiger partial charge in [-0.05, 0) is 29.2 Å². The van der Waals surface area contributed by atoms with Gasteiger partial charge in [-0.25, -0.2) is 0 Å². The molecule has 0 radical (unpaired) electrons. The van der Waals surface area contributed by atoms with Gasteiger partial charge in [0.25, 0.3) is 0 Å². The molecule has 0 spiro atoms. The van der Waals surface area contributed by atoms with Crippen LogP contribution in [0.25, 0.3) is 5.57 Å². The van der Waals surface area contributed by atoms with Crippen LogP contribution in [0.2, 0.25) is 0 Å². The smallest absolute Gasteiger partial charge is 0.116 e. The van der Waals surface area contributed by atoms with Gasteiger partial charge in [0.15, 0.2) is 0 Å². The van der Waals surface area contributed by atoms with Gasteiger partial charge in [-0.1, -0.05) is 49.2 Å². The molecule has 0 unspecified atom stereocenters. The summed E-state index contributed by atoms with van der Waals surface area (Å²) in [6, 6.07) is 6.91. The van der Waals surface area contributed by atoms with Gasteiger partial charge in [-0.2, -0.15) is 0 Å². The van der Waals surface area contributed by atoms with E-state index in [0.29, 0.717) is 0 Å². The molecule has 1 N–H and O–H groups in total. The second-order valence-corrected chi connectivity index (χ2v) is 4.33. The molecule has 0 atom stereocenters. The Morgan fingerprint density at radius 3 is 2.36 bits per heavy atom. The van der Waals surface area contributed by atoms with Crippen molar-refractivity contribution in [1.29, 1.82) is 0 Å². The van der Waals surface area contributed by atoms with E-state index >= 15 is 0 Å². The molecule has 0 heterocycles. The van der Waals surface area contributed by atoms with E-state index in [1.807, 2.05) is 19.9 Å². The molecule has 0 saturated carbocycles. The van der Waals surface area contributed by atoms with E-state index in [2.05, 4.69) is 0 Å². The summed E-state index contributed by atoms with van der Waals surface area (Å²) in [5.74, 6) is 0.442. The number of hydrogen-bond acceptors (Lipinski definition) is 1. The van der Waals surface area contributed by atoms with Crippen molar-refractivity contribution in [2.24, 2.45) is 5.92 Å². The summed E-state index contributed by atoms with van der Waals surface area (Å²) in [5.41, 5.74) is 1.71. The van der Waals surface area contributed by atoms with Crippen LogP contribution in [-0.4, -0.2) is 5.11 Å². The molecule has 0 saturated heterocycles. The van der Waals surface area contributed by atoms with Crippen molar-refractivity contribution in [2.45, 2.75) is 13.8 Å². The summed E-state index contributed by atoms with van der Waals surface area (Å²) >= 11 is 11.6. The van der Waals surface area contributed by atoms with E-state index in [-0.39, 0.29) is 16.2 Å². The fourth-order valence-corrected chi connectivity index (χ4v) is 1.99. The van der Waals surface area contributed by atoms with Crippen LogP contribution < -0.4 is 0 Å². The monoisotopic (exact) mass is 230 g/mol. The van der Waals surface area contributed by atoms with Crippen LogP contribution in [0.3, 0.4) is 0 Å². The maximum atomic E-state index is 9.32. The minimum atomic E-state index is 0.218. The molecule has 76 valence electrons. The van der Waals surface area contributed by atoms with Crippen LogP contribution in [0.15, 0.2) is 28.8 Å². The van der Waals surface area contributed by atoms with E-state index in [0.717, 1.165) is 11.1 Å². The molecular weight excluding hydrogens is 219 g/mol. The molecular formula is C11H12Cl2O. The summed E-state index contributed by atoms with van der Waals surface area (Å²) in [5, 5.41) is 9.32. The second kappa shape index (κ2) is 4.72. The Bertz CT molecular complexity index is 352. The highest BCUT2D eigenvalue weighted by Crippen LogP contribution is 2.32. The van der Waals surface area contributed by atoms with Gasteiger partial charge < -0.3 is 5.11 Å². The molecule has 0 amide bonds. The Morgan fingerprint density at radius 2 is 1.93 bits per heavy atom. The molecule has 0 bridgehead atoms. The van der Waals surface area contributed by atoms with Crippen LogP contribution >= 0.6 is 23.2 Å². The zero-order valence-corrected chi connectivity index (χ0v) is 9.60. The maximum absolute atomic E-state index is 9.32. The van der Waals surface area contributed by atoms with Crippen molar-refractivity contribution in [1.82, 2.24) is 0 Å². The minimum Gasteiger partial charge on any atom is -0.508 e. The fraction of sp³-hybridized carbons (Fsp3) is 0.273. The third-order valence-electron chi connectivity index (χ3n) is 1.94. The van der Waals surface area contributed by atoms with Gasteiger partial charge in [-0.3, -0.25) is 0 Å². The molecule has 1 aromatic rings. The molecule has 1 rings (SSSR count). The normalized spacial score (nSPS) is 10.4. The zero-order valence-electron chi connectivity index (χ0n) is 8.09. The van der Waals surface area contributed by atoms with E-state index in [4.69, 9.17) is 23.2 Å². The molecule has 1 aromatic carbocycles. The first-order chi connectivity index (χ1) is 6.52. The maximum Gasteiger partial charge on any atom is 0.116 e. The Balaban J connectivity index is 3.20. The van der Waals surface area contributed by atoms with E-state index in [9.17, 15) is 5.11 Å². The summed E-state index contributed by atoms with van der Waals surface area (Å²) in [7, 11) is 0. The van der Waals surface area contributed by atoms with Crippen molar-refractivity contribution in [3.05, 3.63) is 34.3 Å². The van der Waals surface area contributed by atoms with Gasteiger partial charge in [0.2, 0.25) is 0 Å². The van der Waals surface area contributed by atoms with Gasteiger partial charge >= 0.3 is 0 Å². The lowest BCUT2D eigenvalue weighted by molar-refractivity contribution is 0.475. The van der Waals surface area contributed by atoms with E-state index in [1.165, 1.54) is 0 Å². The predicted molar refractivity (Wildman–Crippen MR) is 61.6 cm³/mol. The highest BCUT2D eigenvalue weighted by Gasteiger charge is 2.10. The summed E-state index contributed by atoms with van der Waals surface area (Å²) in [6.45, 7) is 4.01. The van der Waals surface area contributed by atoms with Gasteiger partial charge in [-0.15, -0.1) is 0 Å². The van der Waals surface area contributed by atoms with Crippen LogP contribution in [-0.2, 0) is 0 Å². The SMILES string of the molecule is CC(C)C(=C(Cl)Cl)c1cccc(O)c1. The highest BCUT2D eigenvalue weighted by molar-refractivity contribution is 6.58. The average molecular weight is 231 g/mol. The topological polar surface area (TPSA) is 20.2 Å². The lowest BCUT2D eigenvalue weighted by Gasteiger charge is -2.12. The number of phenols is 1. The predicted octanol–water partition coefficient (Wildman–Crippen LogP) is 4.19. The molecule has 3 heteroatoms. The van der Waals surface area contributed by atoms with Gasteiger partial charge in [0, 0.05) is 0 Å². The van der Waals surface area contributed by atoms with Crippen molar-refractivity contribution < 1.29 is 5.11 Å². The Hall–Kier alpha value is -0.660. The Labute approximate surface area is 94.0 Å². The first-order valence-electron chi connectivity index (χ1n) is 4.37. The molecule has 14 heavy (non-hydrogen) atoms. The summed E-state index contributed by atoms with van der Waals surface area (Å²) < 4.78 is 0.255. The number of aromatic hydroxyl groups is 1. The van der Waals surface area contributed by atoms with Crippen LogP contribution in [0.4, 0.5) is 0 Å². The molecule has 0 fully saturated rings. The number of allylic oxidation sites excluding steroid dienone is 1. The number of hydrogen-bond donors (Lipinski definition) is 1. The Morgan fingerprint density at radius 1 is 1.29 bits per heavy atom. The summed E-state index contributed by atoms with van der Waals surface area (Å²) in [4.78, 5) is 0. The zero-order chi connectivity index (χ0) is 10.7. The van der Waals surface area contributed by atoms with Gasteiger partial charge in [0.05, 0.1) is 0 Å². The third-order valence-corrected chi connectivity index (χ3v) is 2.35. The number of phenolic OH excluding ortho intramolecular Hbond substituents is 1. The fourth-order valence-electron chi connectivity index (χ4n) is 1.33. The van der Waals surface area contributed by atoms with Crippen LogP contribution in [0.5, 0.6) is 5.75 Å². The van der Waals surface area contributed by atoms with Crippen molar-refractivity contribution in [3.63, 3.8) is 0 Å². The lowest BCUT2D eigenvalue weighted by Crippen LogP contribution is -1.94.